The highest BCUT2D eigenvalue weighted by Gasteiger charge is 2.30. The first-order chi connectivity index (χ1) is 17.0. The number of halogens is 2. The molecule has 184 valence electrons. The summed E-state index contributed by atoms with van der Waals surface area (Å²) in [7, 11) is 0. The van der Waals surface area contributed by atoms with E-state index >= 15 is 0 Å². The van der Waals surface area contributed by atoms with E-state index < -0.39 is 6.04 Å². The van der Waals surface area contributed by atoms with Gasteiger partial charge in [0.2, 0.25) is 11.8 Å². The molecule has 7 heteroatoms. The lowest BCUT2D eigenvalue weighted by atomic mass is 10.0. The average molecular weight is 513 g/mol. The fourth-order valence-corrected chi connectivity index (χ4v) is 4.74. The lowest BCUT2D eigenvalue weighted by Crippen LogP contribution is -2.51. The van der Waals surface area contributed by atoms with Crippen molar-refractivity contribution >= 4 is 35.2 Å². The fraction of sp³-hybridized carbons (Fsp3) is 0.286. The smallest absolute Gasteiger partial charge is 0.243 e. The first-order valence-electron chi connectivity index (χ1n) is 11.6. The van der Waals surface area contributed by atoms with Crippen LogP contribution in [0, 0.1) is 5.82 Å². The van der Waals surface area contributed by atoms with Crippen molar-refractivity contribution < 1.29 is 14.0 Å². The molecule has 3 aromatic rings. The summed E-state index contributed by atoms with van der Waals surface area (Å²) in [4.78, 5) is 28.4. The number of nitrogens with zero attached hydrogens (tertiary/aromatic N) is 1. The van der Waals surface area contributed by atoms with Gasteiger partial charge in [-0.05, 0) is 47.4 Å². The molecule has 0 unspecified atom stereocenters. The van der Waals surface area contributed by atoms with Gasteiger partial charge in [0.25, 0.3) is 0 Å². The molecule has 0 spiro atoms. The van der Waals surface area contributed by atoms with Crippen LogP contribution in [0.4, 0.5) is 4.39 Å². The predicted octanol–water partition coefficient (Wildman–Crippen LogP) is 5.88. The number of nitrogens with one attached hydrogen (secondary N) is 1. The minimum absolute atomic E-state index is 0.145. The summed E-state index contributed by atoms with van der Waals surface area (Å²) in [6.45, 7) is 2.74. The van der Waals surface area contributed by atoms with E-state index in [1.165, 1.54) is 23.9 Å². The molecule has 3 aromatic carbocycles. The molecule has 0 bridgehead atoms. The molecule has 0 radical (unpaired) electrons. The monoisotopic (exact) mass is 512 g/mol. The molecule has 0 aliphatic rings. The molecule has 0 saturated heterocycles. The molecule has 0 fully saturated rings. The Hall–Kier alpha value is -2.83. The van der Waals surface area contributed by atoms with Gasteiger partial charge in [0.15, 0.2) is 0 Å². The molecule has 1 atom stereocenters. The molecule has 0 aliphatic heterocycles. The highest BCUT2D eigenvalue weighted by molar-refractivity contribution is 7.99. The summed E-state index contributed by atoms with van der Waals surface area (Å²) in [6, 6.07) is 22.6. The van der Waals surface area contributed by atoms with Crippen molar-refractivity contribution in [2.75, 3.05) is 12.3 Å². The van der Waals surface area contributed by atoms with Crippen molar-refractivity contribution in [1.82, 2.24) is 10.2 Å². The summed E-state index contributed by atoms with van der Waals surface area (Å²) in [6.07, 6.45) is 1.19. The van der Waals surface area contributed by atoms with E-state index in [4.69, 9.17) is 11.6 Å². The molecule has 2 amide bonds. The first kappa shape index (κ1) is 26.8. The van der Waals surface area contributed by atoms with Crippen LogP contribution >= 0.6 is 23.4 Å². The van der Waals surface area contributed by atoms with Gasteiger partial charge in [0.05, 0.1) is 5.75 Å². The highest BCUT2D eigenvalue weighted by atomic mass is 35.5. The molecule has 1 N–H and O–H groups in total. The van der Waals surface area contributed by atoms with E-state index in [1.54, 1.807) is 17.0 Å². The van der Waals surface area contributed by atoms with Gasteiger partial charge in [0, 0.05) is 30.3 Å². The Morgan fingerprint density at radius 3 is 2.37 bits per heavy atom. The molecular formula is C28H30ClFN2O2S. The topological polar surface area (TPSA) is 49.4 Å². The Morgan fingerprint density at radius 1 is 0.971 bits per heavy atom. The van der Waals surface area contributed by atoms with Crippen LogP contribution in [0.15, 0.2) is 78.9 Å². The molecule has 35 heavy (non-hydrogen) atoms. The molecule has 0 aliphatic carbocycles. The second kappa shape index (κ2) is 13.9. The van der Waals surface area contributed by atoms with Crippen LogP contribution in [0.2, 0.25) is 5.02 Å². The maximum atomic E-state index is 13.5. The number of amides is 2. The van der Waals surface area contributed by atoms with Crippen LogP contribution in [0.1, 0.15) is 30.0 Å². The zero-order valence-electron chi connectivity index (χ0n) is 19.8. The van der Waals surface area contributed by atoms with E-state index in [1.807, 2.05) is 61.5 Å². The number of carbonyl (C=O) groups excluding carboxylic acids is 2. The minimum Gasteiger partial charge on any atom is -0.354 e. The third-order valence-corrected chi connectivity index (χ3v) is 6.69. The Morgan fingerprint density at radius 2 is 1.69 bits per heavy atom. The maximum absolute atomic E-state index is 13.5. The highest BCUT2D eigenvalue weighted by Crippen LogP contribution is 2.20. The largest absolute Gasteiger partial charge is 0.354 e. The van der Waals surface area contributed by atoms with Crippen molar-refractivity contribution in [2.45, 2.75) is 38.1 Å². The van der Waals surface area contributed by atoms with E-state index in [-0.39, 0.29) is 29.9 Å². The van der Waals surface area contributed by atoms with E-state index in [9.17, 15) is 14.0 Å². The van der Waals surface area contributed by atoms with Crippen molar-refractivity contribution in [1.29, 1.82) is 0 Å². The van der Waals surface area contributed by atoms with Gasteiger partial charge < -0.3 is 10.2 Å². The summed E-state index contributed by atoms with van der Waals surface area (Å²) >= 11 is 7.55. The van der Waals surface area contributed by atoms with Crippen LogP contribution in [0.5, 0.6) is 0 Å². The normalized spacial score (nSPS) is 11.6. The Kier molecular flexibility index (Phi) is 10.6. The van der Waals surface area contributed by atoms with Crippen LogP contribution < -0.4 is 5.32 Å². The van der Waals surface area contributed by atoms with E-state index in [0.717, 1.165) is 23.1 Å². The van der Waals surface area contributed by atoms with Gasteiger partial charge >= 0.3 is 0 Å². The Labute approximate surface area is 215 Å². The zero-order valence-corrected chi connectivity index (χ0v) is 21.3. The quantitative estimate of drug-likeness (QED) is 0.330. The van der Waals surface area contributed by atoms with Crippen molar-refractivity contribution in [3.63, 3.8) is 0 Å². The molecule has 4 nitrogen and oxygen atoms in total. The standard InChI is InChI=1S/C28H30ClFN2O2S/c1-2-15-31-28(34)26(17-21-7-4-3-5-8-21)32(18-22-11-13-25(30)14-12-22)27(33)20-35-19-23-9-6-10-24(29)16-23/h3-14,16,26H,2,15,17-20H2,1H3,(H,31,34)/t26-/m0/s1. The van der Waals surface area contributed by atoms with Crippen LogP contribution in [0.25, 0.3) is 0 Å². The summed E-state index contributed by atoms with van der Waals surface area (Å²) in [5.74, 6) is 0.160. The van der Waals surface area contributed by atoms with Gasteiger partial charge in [-0.15, -0.1) is 11.8 Å². The predicted molar refractivity (Wildman–Crippen MR) is 142 cm³/mol. The first-order valence-corrected chi connectivity index (χ1v) is 13.2. The summed E-state index contributed by atoms with van der Waals surface area (Å²) in [5.41, 5.74) is 2.76. The van der Waals surface area contributed by atoms with Gasteiger partial charge in [-0.1, -0.05) is 73.1 Å². The van der Waals surface area contributed by atoms with Gasteiger partial charge in [-0.3, -0.25) is 9.59 Å². The number of hydrogen-bond acceptors (Lipinski definition) is 3. The number of benzene rings is 3. The van der Waals surface area contributed by atoms with Crippen molar-refractivity contribution in [3.8, 4) is 0 Å². The van der Waals surface area contributed by atoms with Gasteiger partial charge in [0.1, 0.15) is 11.9 Å². The molecule has 0 heterocycles. The summed E-state index contributed by atoms with van der Waals surface area (Å²) < 4.78 is 13.5. The Balaban J connectivity index is 1.82. The zero-order chi connectivity index (χ0) is 25.0. The van der Waals surface area contributed by atoms with Crippen LogP contribution in [-0.4, -0.2) is 35.1 Å². The number of hydrogen-bond donors (Lipinski definition) is 1. The summed E-state index contributed by atoms with van der Waals surface area (Å²) in [5, 5.41) is 3.61. The maximum Gasteiger partial charge on any atom is 0.243 e. The third-order valence-electron chi connectivity index (χ3n) is 5.47. The van der Waals surface area contributed by atoms with E-state index in [0.29, 0.717) is 23.7 Å². The second-order valence-corrected chi connectivity index (χ2v) is 9.69. The van der Waals surface area contributed by atoms with Gasteiger partial charge in [-0.25, -0.2) is 4.39 Å². The number of rotatable bonds is 12. The third kappa shape index (κ3) is 8.71. The van der Waals surface area contributed by atoms with Crippen LogP contribution in [-0.2, 0) is 28.3 Å². The second-order valence-electron chi connectivity index (χ2n) is 8.27. The van der Waals surface area contributed by atoms with Crippen LogP contribution in [0.3, 0.4) is 0 Å². The molecule has 0 saturated carbocycles. The van der Waals surface area contributed by atoms with E-state index in [2.05, 4.69) is 5.32 Å². The lowest BCUT2D eigenvalue weighted by Gasteiger charge is -2.31. The Bertz CT molecular complexity index is 1100. The lowest BCUT2D eigenvalue weighted by molar-refractivity contribution is -0.139. The SMILES string of the molecule is CCCNC(=O)[C@H](Cc1ccccc1)N(Cc1ccc(F)cc1)C(=O)CSCc1cccc(Cl)c1. The van der Waals surface area contributed by atoms with Crippen molar-refractivity contribution in [3.05, 3.63) is 106 Å². The molecular weight excluding hydrogens is 483 g/mol. The van der Waals surface area contributed by atoms with Crippen molar-refractivity contribution in [2.24, 2.45) is 0 Å². The number of carbonyl (C=O) groups is 2. The number of thioether (sulfide) groups is 1. The van der Waals surface area contributed by atoms with Gasteiger partial charge in [-0.2, -0.15) is 0 Å². The molecule has 3 rings (SSSR count). The minimum atomic E-state index is -0.687. The molecule has 0 aromatic heterocycles. The fourth-order valence-electron chi connectivity index (χ4n) is 3.67. The average Bonchev–Trinajstić information content (AvgIpc) is 2.86.